The molecule has 7 nitrogen and oxygen atoms in total. The Morgan fingerprint density at radius 2 is 1.56 bits per heavy atom. The number of ketones is 1. The third-order valence-corrected chi connectivity index (χ3v) is 3.54. The van der Waals surface area contributed by atoms with Gasteiger partial charge in [-0.1, -0.05) is 13.8 Å². The zero-order chi connectivity index (χ0) is 19.9. The average Bonchev–Trinajstić information content (AvgIpc) is 2.64. The molecule has 0 saturated carbocycles. The number of hydrogen-bond acceptors (Lipinski definition) is 7. The summed E-state index contributed by atoms with van der Waals surface area (Å²) in [5.41, 5.74) is 0.676. The van der Waals surface area contributed by atoms with E-state index in [2.05, 4.69) is 10.3 Å². The summed E-state index contributed by atoms with van der Waals surface area (Å²) in [6.07, 6.45) is 1.88. The number of pyridine rings is 1. The van der Waals surface area contributed by atoms with E-state index in [1.165, 1.54) is 0 Å². The average molecular weight is 383 g/mol. The molecule has 0 saturated heterocycles. The highest BCUT2D eigenvalue weighted by Crippen LogP contribution is 2.11. The molecule has 7 heteroatoms. The Labute approximate surface area is 162 Å². The van der Waals surface area contributed by atoms with Gasteiger partial charge in [0.1, 0.15) is 5.82 Å². The van der Waals surface area contributed by atoms with Crippen LogP contribution in [0.3, 0.4) is 0 Å². The SMILES string of the molecule is CC(C)OCCOCCOCCOCCNc1cc(C(=O)C(C)C)ccn1. The van der Waals surface area contributed by atoms with Gasteiger partial charge in [0.2, 0.25) is 0 Å². The first-order valence-electron chi connectivity index (χ1n) is 9.59. The molecule has 1 N–H and O–H groups in total. The van der Waals surface area contributed by atoms with E-state index in [0.717, 1.165) is 0 Å². The molecule has 0 radical (unpaired) electrons. The van der Waals surface area contributed by atoms with Gasteiger partial charge < -0.3 is 24.3 Å². The van der Waals surface area contributed by atoms with Crippen molar-refractivity contribution >= 4 is 11.6 Å². The molecule has 1 aromatic heterocycles. The first kappa shape index (κ1) is 23.5. The summed E-state index contributed by atoms with van der Waals surface area (Å²) >= 11 is 0. The van der Waals surface area contributed by atoms with Crippen molar-refractivity contribution < 1.29 is 23.7 Å². The summed E-state index contributed by atoms with van der Waals surface area (Å²) in [4.78, 5) is 16.2. The molecule has 1 rings (SSSR count). The van der Waals surface area contributed by atoms with Crippen molar-refractivity contribution in [3.63, 3.8) is 0 Å². The number of carbonyl (C=O) groups excluding carboxylic acids is 1. The molecule has 1 heterocycles. The van der Waals surface area contributed by atoms with E-state index in [-0.39, 0.29) is 17.8 Å². The Morgan fingerprint density at radius 1 is 0.963 bits per heavy atom. The van der Waals surface area contributed by atoms with E-state index >= 15 is 0 Å². The Hall–Kier alpha value is -1.54. The van der Waals surface area contributed by atoms with Crippen LogP contribution in [0.15, 0.2) is 18.3 Å². The van der Waals surface area contributed by atoms with Crippen LogP contribution in [0.25, 0.3) is 0 Å². The normalized spacial score (nSPS) is 11.3. The summed E-state index contributed by atoms with van der Waals surface area (Å²) in [7, 11) is 0. The van der Waals surface area contributed by atoms with Gasteiger partial charge in [0.05, 0.1) is 52.4 Å². The van der Waals surface area contributed by atoms with Crippen LogP contribution in [0, 0.1) is 5.92 Å². The zero-order valence-electron chi connectivity index (χ0n) is 17.0. The maximum atomic E-state index is 12.0. The molecule has 0 fully saturated rings. The van der Waals surface area contributed by atoms with Gasteiger partial charge in [-0.05, 0) is 26.0 Å². The topological polar surface area (TPSA) is 78.9 Å². The van der Waals surface area contributed by atoms with Crippen molar-refractivity contribution in [1.29, 1.82) is 0 Å². The van der Waals surface area contributed by atoms with E-state index in [1.807, 2.05) is 27.7 Å². The Bertz CT molecular complexity index is 523. The first-order valence-corrected chi connectivity index (χ1v) is 9.59. The van der Waals surface area contributed by atoms with E-state index in [1.54, 1.807) is 18.3 Å². The quantitative estimate of drug-likeness (QED) is 0.348. The number of Topliss-reactive ketones (excluding diaryl/α,β-unsaturated/α-hetero) is 1. The van der Waals surface area contributed by atoms with Crippen molar-refractivity contribution in [3.05, 3.63) is 23.9 Å². The maximum absolute atomic E-state index is 12.0. The Morgan fingerprint density at radius 3 is 2.15 bits per heavy atom. The predicted molar refractivity (Wildman–Crippen MR) is 105 cm³/mol. The van der Waals surface area contributed by atoms with Crippen LogP contribution in [-0.2, 0) is 18.9 Å². The lowest BCUT2D eigenvalue weighted by molar-refractivity contribution is -0.0110. The number of anilines is 1. The molecule has 154 valence electrons. The minimum atomic E-state index is -0.0256. The number of carbonyl (C=O) groups is 1. The molecule has 0 amide bonds. The van der Waals surface area contributed by atoms with Gasteiger partial charge >= 0.3 is 0 Å². The monoisotopic (exact) mass is 382 g/mol. The van der Waals surface area contributed by atoms with E-state index < -0.39 is 0 Å². The van der Waals surface area contributed by atoms with Crippen LogP contribution >= 0.6 is 0 Å². The minimum absolute atomic E-state index is 0.0256. The summed E-state index contributed by atoms with van der Waals surface area (Å²) in [5.74, 6) is 0.771. The Kier molecular flexibility index (Phi) is 12.6. The van der Waals surface area contributed by atoms with Crippen molar-refractivity contribution in [2.45, 2.75) is 33.8 Å². The van der Waals surface area contributed by atoms with E-state index in [0.29, 0.717) is 64.2 Å². The predicted octanol–water partition coefficient (Wildman–Crippen LogP) is 2.81. The molecule has 0 aliphatic carbocycles. The second kappa shape index (κ2) is 14.5. The molecular weight excluding hydrogens is 348 g/mol. The molecular formula is C20H34N2O5. The molecule has 1 aromatic rings. The number of nitrogens with one attached hydrogen (secondary N) is 1. The lowest BCUT2D eigenvalue weighted by atomic mass is 10.0. The molecule has 0 aromatic carbocycles. The molecule has 0 atom stereocenters. The second-order valence-electron chi connectivity index (χ2n) is 6.63. The molecule has 0 spiro atoms. The van der Waals surface area contributed by atoms with E-state index in [4.69, 9.17) is 18.9 Å². The third kappa shape index (κ3) is 11.7. The fourth-order valence-electron chi connectivity index (χ4n) is 2.15. The first-order chi connectivity index (χ1) is 13.0. The van der Waals surface area contributed by atoms with Gasteiger partial charge in [0.25, 0.3) is 0 Å². The highest BCUT2D eigenvalue weighted by Gasteiger charge is 2.10. The highest BCUT2D eigenvalue weighted by atomic mass is 16.6. The van der Waals surface area contributed by atoms with Crippen LogP contribution in [0.4, 0.5) is 5.82 Å². The minimum Gasteiger partial charge on any atom is -0.377 e. The fourth-order valence-corrected chi connectivity index (χ4v) is 2.15. The van der Waals surface area contributed by atoms with Crippen LogP contribution in [0.5, 0.6) is 0 Å². The standard InChI is InChI=1S/C20H34N2O5/c1-16(2)20(23)18-5-6-21-19(15-18)22-7-8-24-9-10-25-11-12-26-13-14-27-17(3)4/h5-6,15-17H,7-14H2,1-4H3,(H,21,22). The van der Waals surface area contributed by atoms with Crippen LogP contribution < -0.4 is 5.32 Å². The largest absolute Gasteiger partial charge is 0.377 e. The number of nitrogens with zero attached hydrogens (tertiary/aromatic N) is 1. The molecule has 0 bridgehead atoms. The van der Waals surface area contributed by atoms with Gasteiger partial charge in [0.15, 0.2) is 5.78 Å². The van der Waals surface area contributed by atoms with Crippen LogP contribution in [0.1, 0.15) is 38.1 Å². The fraction of sp³-hybridized carbons (Fsp3) is 0.700. The van der Waals surface area contributed by atoms with Crippen molar-refractivity contribution in [2.24, 2.45) is 5.92 Å². The lowest BCUT2D eigenvalue weighted by Crippen LogP contribution is -2.15. The number of hydrogen-bond donors (Lipinski definition) is 1. The number of ether oxygens (including phenoxy) is 4. The van der Waals surface area contributed by atoms with E-state index in [9.17, 15) is 4.79 Å². The smallest absolute Gasteiger partial charge is 0.165 e. The van der Waals surface area contributed by atoms with Crippen molar-refractivity contribution in [2.75, 3.05) is 58.1 Å². The van der Waals surface area contributed by atoms with Gasteiger partial charge in [0, 0.05) is 24.2 Å². The van der Waals surface area contributed by atoms with Crippen LogP contribution in [0.2, 0.25) is 0 Å². The summed E-state index contributed by atoms with van der Waals surface area (Å²) < 4.78 is 21.7. The van der Waals surface area contributed by atoms with Gasteiger partial charge in [-0.2, -0.15) is 0 Å². The van der Waals surface area contributed by atoms with Crippen molar-refractivity contribution in [1.82, 2.24) is 4.98 Å². The molecule has 0 unspecified atom stereocenters. The molecule has 0 aliphatic rings. The Balaban J connectivity index is 1.97. The van der Waals surface area contributed by atoms with Crippen LogP contribution in [-0.4, -0.2) is 69.7 Å². The number of rotatable bonds is 16. The third-order valence-electron chi connectivity index (χ3n) is 3.54. The summed E-state index contributed by atoms with van der Waals surface area (Å²) in [6.45, 7) is 12.3. The second-order valence-corrected chi connectivity index (χ2v) is 6.63. The maximum Gasteiger partial charge on any atom is 0.165 e. The summed E-state index contributed by atoms with van der Waals surface area (Å²) in [6, 6.07) is 3.51. The van der Waals surface area contributed by atoms with Gasteiger partial charge in [-0.25, -0.2) is 4.98 Å². The molecule has 27 heavy (non-hydrogen) atoms. The highest BCUT2D eigenvalue weighted by molar-refractivity contribution is 5.97. The lowest BCUT2D eigenvalue weighted by Gasteiger charge is -2.10. The number of aromatic nitrogens is 1. The van der Waals surface area contributed by atoms with Crippen molar-refractivity contribution in [3.8, 4) is 0 Å². The summed E-state index contributed by atoms with van der Waals surface area (Å²) in [5, 5.41) is 3.16. The zero-order valence-corrected chi connectivity index (χ0v) is 17.0. The van der Waals surface area contributed by atoms with Gasteiger partial charge in [-0.15, -0.1) is 0 Å². The molecule has 0 aliphatic heterocycles. The van der Waals surface area contributed by atoms with Gasteiger partial charge in [-0.3, -0.25) is 4.79 Å².